The van der Waals surface area contributed by atoms with Gasteiger partial charge in [0.15, 0.2) is 5.78 Å². The molecule has 0 unspecified atom stereocenters. The maximum atomic E-state index is 12.7. The van der Waals surface area contributed by atoms with E-state index in [2.05, 4.69) is 19.9 Å². The average Bonchev–Trinajstić information content (AvgIpc) is 2.83. The van der Waals surface area contributed by atoms with Crippen LogP contribution in [0.1, 0.15) is 65.7 Å². The second-order valence-corrected chi connectivity index (χ2v) is 10.2. The van der Waals surface area contributed by atoms with Crippen LogP contribution in [0.15, 0.2) is 11.6 Å². The normalized spacial score (nSPS) is 50.5. The molecule has 0 spiro atoms. The van der Waals surface area contributed by atoms with E-state index in [1.54, 1.807) is 0 Å². The van der Waals surface area contributed by atoms with Crippen LogP contribution in [0.3, 0.4) is 0 Å². The molecule has 4 rings (SSSR count). The van der Waals surface area contributed by atoms with Crippen LogP contribution in [-0.4, -0.2) is 28.2 Å². The molecule has 4 heteroatoms. The van der Waals surface area contributed by atoms with Crippen molar-refractivity contribution < 1.29 is 14.7 Å². The van der Waals surface area contributed by atoms with Crippen LogP contribution >= 0.6 is 11.6 Å². The Kier molecular flexibility index (Phi) is 4.25. The quantitative estimate of drug-likeness (QED) is 0.575. The molecule has 0 heterocycles. The van der Waals surface area contributed by atoms with Crippen molar-refractivity contribution in [2.45, 2.75) is 71.3 Å². The molecule has 0 bridgehead atoms. The summed E-state index contributed by atoms with van der Waals surface area (Å²) in [6.45, 7) is 6.48. The first-order valence-electron chi connectivity index (χ1n) is 10.2. The van der Waals surface area contributed by atoms with Gasteiger partial charge in [0, 0.05) is 18.3 Å². The lowest BCUT2D eigenvalue weighted by atomic mass is 9.48. The molecule has 3 nitrogen and oxygen atoms in total. The summed E-state index contributed by atoms with van der Waals surface area (Å²) < 4.78 is 0. The van der Waals surface area contributed by atoms with E-state index in [0.717, 1.165) is 38.5 Å². The number of aliphatic hydroxyl groups is 1. The van der Waals surface area contributed by atoms with Gasteiger partial charge in [0.25, 0.3) is 0 Å². The fraction of sp³-hybridized carbons (Fsp3) is 0.818. The second kappa shape index (κ2) is 5.91. The molecule has 3 fully saturated rings. The van der Waals surface area contributed by atoms with Gasteiger partial charge < -0.3 is 5.11 Å². The lowest BCUT2D eigenvalue weighted by Gasteiger charge is -2.56. The number of carbonyl (C=O) groups is 2. The van der Waals surface area contributed by atoms with Crippen molar-refractivity contribution in [3.8, 4) is 0 Å². The predicted octanol–water partition coefficient (Wildman–Crippen LogP) is 4.30. The minimum absolute atomic E-state index is 0.0602. The van der Waals surface area contributed by atoms with E-state index in [0.29, 0.717) is 30.0 Å². The van der Waals surface area contributed by atoms with Gasteiger partial charge in [-0.25, -0.2) is 0 Å². The molecule has 0 aromatic heterocycles. The van der Waals surface area contributed by atoms with Crippen molar-refractivity contribution in [3.05, 3.63) is 11.6 Å². The van der Waals surface area contributed by atoms with Gasteiger partial charge in [-0.15, -0.1) is 11.6 Å². The van der Waals surface area contributed by atoms with Gasteiger partial charge in [0.05, 0.1) is 5.88 Å². The number of hydrogen-bond donors (Lipinski definition) is 1. The molecular weight excluding hydrogens is 348 g/mol. The minimum Gasteiger partial charge on any atom is -0.381 e. The highest BCUT2D eigenvalue weighted by Gasteiger charge is 2.67. The number of ketones is 2. The second-order valence-electron chi connectivity index (χ2n) is 9.89. The van der Waals surface area contributed by atoms with Crippen molar-refractivity contribution in [1.82, 2.24) is 0 Å². The third-order valence-electron chi connectivity index (χ3n) is 8.97. The Balaban J connectivity index is 1.74. The third kappa shape index (κ3) is 2.16. The van der Waals surface area contributed by atoms with Crippen molar-refractivity contribution in [3.63, 3.8) is 0 Å². The van der Waals surface area contributed by atoms with Crippen molar-refractivity contribution in [2.75, 3.05) is 5.88 Å². The van der Waals surface area contributed by atoms with Crippen molar-refractivity contribution in [1.29, 1.82) is 0 Å². The van der Waals surface area contributed by atoms with Gasteiger partial charge >= 0.3 is 0 Å². The van der Waals surface area contributed by atoms with Crippen LogP contribution in [0, 0.1) is 34.5 Å². The van der Waals surface area contributed by atoms with Crippen LogP contribution in [0.25, 0.3) is 0 Å². The summed E-state index contributed by atoms with van der Waals surface area (Å²) in [6.07, 6.45) is 8.53. The molecule has 0 saturated heterocycles. The summed E-state index contributed by atoms with van der Waals surface area (Å²) >= 11 is 5.89. The number of fused-ring (bicyclic) bond motifs is 5. The van der Waals surface area contributed by atoms with Crippen LogP contribution in [0.4, 0.5) is 0 Å². The number of alkyl halides is 1. The highest BCUT2D eigenvalue weighted by atomic mass is 35.5. The summed E-state index contributed by atoms with van der Waals surface area (Å²) in [7, 11) is 0. The van der Waals surface area contributed by atoms with Crippen LogP contribution in [0.5, 0.6) is 0 Å². The molecular formula is C22H31ClO3. The predicted molar refractivity (Wildman–Crippen MR) is 102 cm³/mol. The highest BCUT2D eigenvalue weighted by Crippen LogP contribution is 2.67. The maximum Gasteiger partial charge on any atom is 0.179 e. The van der Waals surface area contributed by atoms with Crippen LogP contribution < -0.4 is 0 Å². The van der Waals surface area contributed by atoms with Gasteiger partial charge in [-0.3, -0.25) is 9.59 Å². The Morgan fingerprint density at radius 1 is 1.35 bits per heavy atom. The van der Waals surface area contributed by atoms with E-state index in [-0.39, 0.29) is 23.0 Å². The van der Waals surface area contributed by atoms with E-state index in [4.69, 9.17) is 11.6 Å². The molecule has 3 saturated carbocycles. The van der Waals surface area contributed by atoms with Crippen molar-refractivity contribution in [2.24, 2.45) is 34.5 Å². The summed E-state index contributed by atoms with van der Waals surface area (Å²) in [5, 5.41) is 11.5. The Labute approximate surface area is 161 Å². The van der Waals surface area contributed by atoms with Gasteiger partial charge in [0.2, 0.25) is 0 Å². The zero-order valence-corrected chi connectivity index (χ0v) is 16.9. The molecule has 1 N–H and O–H groups in total. The van der Waals surface area contributed by atoms with E-state index in [9.17, 15) is 14.7 Å². The van der Waals surface area contributed by atoms with Gasteiger partial charge in [0.1, 0.15) is 11.4 Å². The largest absolute Gasteiger partial charge is 0.381 e. The minimum atomic E-state index is -1.32. The van der Waals surface area contributed by atoms with Crippen LogP contribution in [0.2, 0.25) is 0 Å². The zero-order valence-electron chi connectivity index (χ0n) is 16.2. The lowest BCUT2D eigenvalue weighted by molar-refractivity contribution is -0.156. The van der Waals surface area contributed by atoms with E-state index in [1.807, 2.05) is 6.92 Å². The Bertz CT molecular complexity index is 685. The Hall–Kier alpha value is -0.670. The van der Waals surface area contributed by atoms with Crippen molar-refractivity contribution >= 4 is 23.2 Å². The molecule has 144 valence electrons. The molecule has 0 radical (unpaired) electrons. The van der Waals surface area contributed by atoms with Gasteiger partial charge in [-0.1, -0.05) is 32.4 Å². The fourth-order valence-corrected chi connectivity index (χ4v) is 7.56. The highest BCUT2D eigenvalue weighted by molar-refractivity contribution is 6.29. The topological polar surface area (TPSA) is 54.4 Å². The molecule has 0 amide bonds. The third-order valence-corrected chi connectivity index (χ3v) is 9.21. The number of Topliss-reactive ketones (excluding diaryl/α,β-unsaturated/α-hetero) is 2. The molecule has 0 aromatic carbocycles. The van der Waals surface area contributed by atoms with E-state index in [1.165, 1.54) is 5.57 Å². The SMILES string of the molecule is C[C@H]1C[C@H]2[C@@H]3CC[C@@H]4CC(=O)CC[C@]4(C)C3=CC[C@]2(C)[C@@]1(O)C(=O)CCl. The Morgan fingerprint density at radius 3 is 2.77 bits per heavy atom. The zero-order chi connectivity index (χ0) is 18.9. The first-order valence-corrected chi connectivity index (χ1v) is 10.8. The summed E-state index contributed by atoms with van der Waals surface area (Å²) in [4.78, 5) is 24.6. The number of allylic oxidation sites excluding steroid dienone is 2. The van der Waals surface area contributed by atoms with E-state index < -0.39 is 11.0 Å². The standard InChI is InChI=1S/C22H31ClO3/c1-13-10-18-16-5-4-14-11-15(24)6-8-20(14,2)17(16)7-9-21(18,3)22(13,26)19(25)12-23/h7,13-14,16,18,26H,4-6,8-12H2,1-3H3/t13-,14+,16+,18-,20-,21-,22-/m0/s1. The fourth-order valence-electron chi connectivity index (χ4n) is 7.36. The first-order chi connectivity index (χ1) is 12.2. The maximum absolute atomic E-state index is 12.7. The smallest absolute Gasteiger partial charge is 0.179 e. The molecule has 26 heavy (non-hydrogen) atoms. The molecule has 4 aliphatic rings. The van der Waals surface area contributed by atoms with E-state index >= 15 is 0 Å². The average molecular weight is 379 g/mol. The molecule has 0 aliphatic heterocycles. The number of rotatable bonds is 2. The number of carbonyl (C=O) groups excluding carboxylic acids is 2. The monoisotopic (exact) mass is 378 g/mol. The van der Waals surface area contributed by atoms with Crippen LogP contribution in [-0.2, 0) is 9.59 Å². The number of halogens is 1. The lowest BCUT2D eigenvalue weighted by Crippen LogP contribution is -2.57. The Morgan fingerprint density at radius 2 is 2.08 bits per heavy atom. The summed E-state index contributed by atoms with van der Waals surface area (Å²) in [5.74, 6) is 1.26. The van der Waals surface area contributed by atoms with Gasteiger partial charge in [-0.2, -0.15) is 0 Å². The number of hydrogen-bond acceptors (Lipinski definition) is 3. The molecule has 0 aromatic rings. The summed E-state index contributed by atoms with van der Waals surface area (Å²) in [5.41, 5.74) is -0.0981. The van der Waals surface area contributed by atoms with Gasteiger partial charge in [-0.05, 0) is 61.2 Å². The molecule has 4 aliphatic carbocycles. The molecule has 7 atom stereocenters. The first kappa shape index (κ1) is 18.7. The summed E-state index contributed by atoms with van der Waals surface area (Å²) in [6, 6.07) is 0.